The van der Waals surface area contributed by atoms with Gasteiger partial charge in [-0.25, -0.2) is 14.5 Å². The van der Waals surface area contributed by atoms with E-state index in [1.54, 1.807) is 22.2 Å². The summed E-state index contributed by atoms with van der Waals surface area (Å²) in [4.78, 5) is 10.3. The molecular weight excluding hydrogens is 256 g/mol. The second-order valence-electron chi connectivity index (χ2n) is 4.31. The summed E-state index contributed by atoms with van der Waals surface area (Å²) in [6, 6.07) is 12.1. The second-order valence-corrected chi connectivity index (χ2v) is 5.35. The van der Waals surface area contributed by atoms with Crippen LogP contribution < -0.4 is 0 Å². The number of nitrogens with zero attached hydrogens (tertiary/aromatic N) is 4. The van der Waals surface area contributed by atoms with Crippen LogP contribution in [0.2, 0.25) is 0 Å². The van der Waals surface area contributed by atoms with Gasteiger partial charge in [-0.2, -0.15) is 0 Å². The average molecular weight is 266 g/mol. The van der Waals surface area contributed by atoms with Gasteiger partial charge in [-0.15, -0.1) is 16.4 Å². The fourth-order valence-electron chi connectivity index (χ4n) is 2.17. The Morgan fingerprint density at radius 1 is 1.11 bits per heavy atom. The average Bonchev–Trinajstić information content (AvgIpc) is 3.08. The highest BCUT2D eigenvalue weighted by Crippen LogP contribution is 2.18. The molecule has 4 aromatic rings. The van der Waals surface area contributed by atoms with Crippen molar-refractivity contribution in [3.63, 3.8) is 0 Å². The lowest BCUT2D eigenvalue weighted by Crippen LogP contribution is -1.91. The first-order valence-corrected chi connectivity index (χ1v) is 6.89. The molecule has 92 valence electrons. The number of thiophene rings is 1. The molecule has 0 amide bonds. The van der Waals surface area contributed by atoms with Gasteiger partial charge in [0.1, 0.15) is 6.33 Å². The van der Waals surface area contributed by atoms with E-state index in [4.69, 9.17) is 0 Å². The lowest BCUT2D eigenvalue weighted by Gasteiger charge is -1.96. The predicted octanol–water partition coefficient (Wildman–Crippen LogP) is 2.93. The molecule has 0 N–H and O–H groups in total. The fraction of sp³-hybridized carbons (Fsp3) is 0.0714. The minimum atomic E-state index is 0.772. The normalized spacial score (nSPS) is 11.4. The molecule has 3 heterocycles. The quantitative estimate of drug-likeness (QED) is 0.560. The zero-order chi connectivity index (χ0) is 12.7. The van der Waals surface area contributed by atoms with E-state index in [2.05, 4.69) is 26.5 Å². The Balaban J connectivity index is 1.88. The van der Waals surface area contributed by atoms with E-state index in [1.807, 2.05) is 30.3 Å². The van der Waals surface area contributed by atoms with E-state index in [0.717, 1.165) is 28.8 Å². The Morgan fingerprint density at radius 3 is 2.95 bits per heavy atom. The van der Waals surface area contributed by atoms with E-state index in [0.29, 0.717) is 0 Å². The van der Waals surface area contributed by atoms with E-state index in [-0.39, 0.29) is 0 Å². The summed E-state index contributed by atoms with van der Waals surface area (Å²) in [5.74, 6) is 0.834. The topological polar surface area (TPSA) is 43.1 Å². The van der Waals surface area contributed by atoms with Crippen LogP contribution in [0.15, 0.2) is 48.1 Å². The fourth-order valence-corrected chi connectivity index (χ4v) is 2.87. The number of aromatic nitrogens is 4. The highest BCUT2D eigenvalue weighted by Gasteiger charge is 2.08. The first-order chi connectivity index (χ1) is 9.40. The molecule has 0 atom stereocenters. The van der Waals surface area contributed by atoms with Gasteiger partial charge < -0.3 is 0 Å². The lowest BCUT2D eigenvalue weighted by molar-refractivity contribution is 0.887. The molecule has 4 rings (SSSR count). The van der Waals surface area contributed by atoms with Gasteiger partial charge in [0.25, 0.3) is 0 Å². The maximum atomic E-state index is 4.63. The number of fused-ring (bicyclic) bond motifs is 3. The molecule has 4 nitrogen and oxygen atoms in total. The smallest absolute Gasteiger partial charge is 0.166 e. The Bertz CT molecular complexity index is 848. The Morgan fingerprint density at radius 2 is 2.05 bits per heavy atom. The molecule has 0 spiro atoms. The van der Waals surface area contributed by atoms with Crippen molar-refractivity contribution in [3.8, 4) is 0 Å². The van der Waals surface area contributed by atoms with Gasteiger partial charge in [0.15, 0.2) is 11.5 Å². The standard InChI is InChI=1S/C14H10N4S/c1-2-6-12-11(5-1)14-16-13(17-18(14)9-15-12)8-10-4-3-7-19-10/h1-7,9H,8H2. The van der Waals surface area contributed by atoms with Crippen LogP contribution in [0, 0.1) is 0 Å². The summed E-state index contributed by atoms with van der Waals surface area (Å²) in [6.45, 7) is 0. The minimum absolute atomic E-state index is 0.772. The van der Waals surface area contributed by atoms with Gasteiger partial charge in [-0.1, -0.05) is 18.2 Å². The third kappa shape index (κ3) is 1.79. The van der Waals surface area contributed by atoms with Crippen LogP contribution in [0.5, 0.6) is 0 Å². The van der Waals surface area contributed by atoms with Gasteiger partial charge in [0, 0.05) is 16.7 Å². The van der Waals surface area contributed by atoms with Crippen LogP contribution in [0.4, 0.5) is 0 Å². The Hall–Kier alpha value is -2.27. The van der Waals surface area contributed by atoms with Gasteiger partial charge in [-0.3, -0.25) is 0 Å². The first kappa shape index (κ1) is 10.6. The molecule has 19 heavy (non-hydrogen) atoms. The van der Waals surface area contributed by atoms with Crippen LogP contribution in [0.25, 0.3) is 16.6 Å². The summed E-state index contributed by atoms with van der Waals surface area (Å²) in [7, 11) is 0. The van der Waals surface area contributed by atoms with Crippen molar-refractivity contribution in [3.05, 3.63) is 58.8 Å². The molecule has 0 saturated carbocycles. The maximum absolute atomic E-state index is 4.63. The molecule has 0 radical (unpaired) electrons. The van der Waals surface area contributed by atoms with Crippen LogP contribution >= 0.6 is 11.3 Å². The van der Waals surface area contributed by atoms with E-state index < -0.39 is 0 Å². The molecular formula is C14H10N4S. The number of benzene rings is 1. The lowest BCUT2D eigenvalue weighted by atomic mass is 10.2. The zero-order valence-electron chi connectivity index (χ0n) is 10.0. The molecule has 0 aliphatic rings. The highest BCUT2D eigenvalue weighted by molar-refractivity contribution is 7.09. The number of hydrogen-bond donors (Lipinski definition) is 0. The van der Waals surface area contributed by atoms with Crippen molar-refractivity contribution in [1.29, 1.82) is 0 Å². The highest BCUT2D eigenvalue weighted by atomic mass is 32.1. The largest absolute Gasteiger partial charge is 0.236 e. The molecule has 0 saturated heterocycles. The summed E-state index contributed by atoms with van der Waals surface area (Å²) >= 11 is 1.73. The van der Waals surface area contributed by atoms with Crippen LogP contribution in [0.3, 0.4) is 0 Å². The van der Waals surface area contributed by atoms with Crippen LogP contribution in [-0.2, 0) is 6.42 Å². The molecule has 3 aromatic heterocycles. The summed E-state index contributed by atoms with van der Waals surface area (Å²) in [6.07, 6.45) is 2.50. The van der Waals surface area contributed by atoms with Crippen molar-refractivity contribution in [2.45, 2.75) is 6.42 Å². The summed E-state index contributed by atoms with van der Waals surface area (Å²) in [5.41, 5.74) is 1.82. The summed E-state index contributed by atoms with van der Waals surface area (Å²) in [5, 5.41) is 7.60. The number of hydrogen-bond acceptors (Lipinski definition) is 4. The van der Waals surface area contributed by atoms with Crippen molar-refractivity contribution < 1.29 is 0 Å². The second kappa shape index (κ2) is 4.13. The first-order valence-electron chi connectivity index (χ1n) is 6.01. The molecule has 0 bridgehead atoms. The van der Waals surface area contributed by atoms with Crippen molar-refractivity contribution >= 4 is 27.9 Å². The summed E-state index contributed by atoms with van der Waals surface area (Å²) < 4.78 is 1.76. The molecule has 0 fully saturated rings. The number of para-hydroxylation sites is 1. The van der Waals surface area contributed by atoms with Gasteiger partial charge in [0.05, 0.1) is 5.52 Å². The van der Waals surface area contributed by atoms with Gasteiger partial charge >= 0.3 is 0 Å². The van der Waals surface area contributed by atoms with E-state index in [9.17, 15) is 0 Å². The molecule has 5 heteroatoms. The molecule has 0 aliphatic heterocycles. The SMILES string of the molecule is c1csc(Cc2nc3c4ccccc4ncn3n2)c1. The van der Waals surface area contributed by atoms with E-state index in [1.165, 1.54) is 4.88 Å². The van der Waals surface area contributed by atoms with Crippen molar-refractivity contribution in [2.24, 2.45) is 0 Å². The third-order valence-electron chi connectivity index (χ3n) is 3.04. The van der Waals surface area contributed by atoms with Crippen molar-refractivity contribution in [2.75, 3.05) is 0 Å². The monoisotopic (exact) mass is 266 g/mol. The van der Waals surface area contributed by atoms with Crippen molar-refractivity contribution in [1.82, 2.24) is 19.6 Å². The molecule has 1 aromatic carbocycles. The predicted molar refractivity (Wildman–Crippen MR) is 75.4 cm³/mol. The zero-order valence-corrected chi connectivity index (χ0v) is 10.8. The Kier molecular flexibility index (Phi) is 2.31. The third-order valence-corrected chi connectivity index (χ3v) is 3.92. The molecule has 0 aliphatic carbocycles. The van der Waals surface area contributed by atoms with Gasteiger partial charge in [-0.05, 0) is 23.6 Å². The minimum Gasteiger partial charge on any atom is -0.236 e. The van der Waals surface area contributed by atoms with Gasteiger partial charge in [0.2, 0.25) is 0 Å². The maximum Gasteiger partial charge on any atom is 0.166 e. The van der Waals surface area contributed by atoms with Crippen LogP contribution in [-0.4, -0.2) is 19.6 Å². The van der Waals surface area contributed by atoms with Crippen LogP contribution in [0.1, 0.15) is 10.7 Å². The molecule has 0 unspecified atom stereocenters. The number of rotatable bonds is 2. The van der Waals surface area contributed by atoms with E-state index >= 15 is 0 Å². The Labute approximate surface area is 113 Å².